The lowest BCUT2D eigenvalue weighted by Gasteiger charge is -2.08. The van der Waals surface area contributed by atoms with Crippen molar-refractivity contribution in [2.75, 3.05) is 12.4 Å². The standard InChI is InChI=1S/C21H17N5O4S2/c1-29-16-6-3-2-5-14(16)25-17(27)9-18-24-13(11-31-18)10-30-21(28)15-12-32-20(26-15)19-22-7-4-8-23-19/h2-8,11-12H,9-10H2,1H3,(H,25,27). The number of rotatable bonds is 8. The number of methoxy groups -OCH3 is 1. The molecule has 3 aromatic heterocycles. The first-order valence-corrected chi connectivity index (χ1v) is 11.1. The number of nitrogens with one attached hydrogen (secondary N) is 1. The number of nitrogens with zero attached hydrogens (tertiary/aromatic N) is 4. The largest absolute Gasteiger partial charge is 0.495 e. The van der Waals surface area contributed by atoms with Crippen molar-refractivity contribution in [1.29, 1.82) is 0 Å². The van der Waals surface area contributed by atoms with Crippen molar-refractivity contribution in [3.8, 4) is 16.6 Å². The van der Waals surface area contributed by atoms with Crippen LogP contribution in [0.15, 0.2) is 53.5 Å². The van der Waals surface area contributed by atoms with Gasteiger partial charge in [0.05, 0.1) is 24.9 Å². The number of esters is 1. The lowest BCUT2D eigenvalue weighted by molar-refractivity contribution is -0.115. The van der Waals surface area contributed by atoms with E-state index in [1.807, 2.05) is 12.1 Å². The molecule has 0 radical (unpaired) electrons. The number of hydrogen-bond acceptors (Lipinski definition) is 10. The first-order chi connectivity index (χ1) is 15.6. The summed E-state index contributed by atoms with van der Waals surface area (Å²) in [6.45, 7) is -0.0157. The summed E-state index contributed by atoms with van der Waals surface area (Å²) in [5.74, 6) is 0.251. The summed E-state index contributed by atoms with van der Waals surface area (Å²) in [6, 6.07) is 8.87. The Morgan fingerprint density at radius 3 is 2.66 bits per heavy atom. The Hall–Kier alpha value is -3.70. The molecule has 0 unspecified atom stereocenters. The number of aromatic nitrogens is 4. The number of carbonyl (C=O) groups excluding carboxylic acids is 2. The highest BCUT2D eigenvalue weighted by molar-refractivity contribution is 7.13. The van der Waals surface area contributed by atoms with E-state index in [2.05, 4.69) is 25.3 Å². The Bertz CT molecular complexity index is 1230. The fraction of sp³-hybridized carbons (Fsp3) is 0.143. The van der Waals surface area contributed by atoms with Crippen LogP contribution in [0.5, 0.6) is 5.75 Å². The van der Waals surface area contributed by atoms with Crippen molar-refractivity contribution in [3.63, 3.8) is 0 Å². The summed E-state index contributed by atoms with van der Waals surface area (Å²) >= 11 is 2.59. The van der Waals surface area contributed by atoms with Gasteiger partial charge in [0.1, 0.15) is 17.4 Å². The quantitative estimate of drug-likeness (QED) is 0.391. The first-order valence-electron chi connectivity index (χ1n) is 9.38. The number of benzene rings is 1. The fourth-order valence-electron chi connectivity index (χ4n) is 2.67. The fourth-order valence-corrected chi connectivity index (χ4v) is 4.18. The lowest BCUT2D eigenvalue weighted by Crippen LogP contribution is -2.15. The summed E-state index contributed by atoms with van der Waals surface area (Å²) in [5.41, 5.74) is 1.34. The zero-order valence-corrected chi connectivity index (χ0v) is 18.5. The van der Waals surface area contributed by atoms with Gasteiger partial charge in [0.15, 0.2) is 16.5 Å². The van der Waals surface area contributed by atoms with E-state index in [-0.39, 0.29) is 24.6 Å². The molecule has 32 heavy (non-hydrogen) atoms. The summed E-state index contributed by atoms with van der Waals surface area (Å²) in [5, 5.41) is 7.31. The summed E-state index contributed by atoms with van der Waals surface area (Å²) in [4.78, 5) is 41.4. The highest BCUT2D eigenvalue weighted by Crippen LogP contribution is 2.24. The van der Waals surface area contributed by atoms with Gasteiger partial charge < -0.3 is 14.8 Å². The monoisotopic (exact) mass is 467 g/mol. The van der Waals surface area contributed by atoms with E-state index in [0.717, 1.165) is 0 Å². The van der Waals surface area contributed by atoms with Gasteiger partial charge in [0, 0.05) is 23.2 Å². The van der Waals surface area contributed by atoms with Crippen LogP contribution in [0.3, 0.4) is 0 Å². The van der Waals surface area contributed by atoms with E-state index in [1.165, 1.54) is 22.7 Å². The van der Waals surface area contributed by atoms with Crippen LogP contribution in [0.1, 0.15) is 21.2 Å². The maximum Gasteiger partial charge on any atom is 0.358 e. The molecule has 0 atom stereocenters. The third kappa shape index (κ3) is 5.31. The Morgan fingerprint density at radius 1 is 1.03 bits per heavy atom. The topological polar surface area (TPSA) is 116 Å². The van der Waals surface area contributed by atoms with Crippen LogP contribution in [0.25, 0.3) is 10.8 Å². The zero-order valence-electron chi connectivity index (χ0n) is 16.8. The van der Waals surface area contributed by atoms with Gasteiger partial charge in [-0.2, -0.15) is 0 Å². The highest BCUT2D eigenvalue weighted by atomic mass is 32.1. The van der Waals surface area contributed by atoms with Crippen molar-refractivity contribution in [2.24, 2.45) is 0 Å². The molecule has 1 aromatic carbocycles. The van der Waals surface area contributed by atoms with Crippen LogP contribution < -0.4 is 10.1 Å². The number of para-hydroxylation sites is 2. The molecule has 0 aliphatic rings. The molecule has 11 heteroatoms. The number of ether oxygens (including phenoxy) is 2. The van der Waals surface area contributed by atoms with Gasteiger partial charge in [-0.15, -0.1) is 22.7 Å². The molecule has 4 rings (SSSR count). The molecule has 3 heterocycles. The number of anilines is 1. The minimum Gasteiger partial charge on any atom is -0.495 e. The lowest BCUT2D eigenvalue weighted by atomic mass is 10.3. The van der Waals surface area contributed by atoms with Gasteiger partial charge in [-0.25, -0.2) is 24.7 Å². The normalized spacial score (nSPS) is 10.5. The number of amides is 1. The average Bonchev–Trinajstić information content (AvgIpc) is 3.48. The van der Waals surface area contributed by atoms with E-state index < -0.39 is 5.97 Å². The van der Waals surface area contributed by atoms with Crippen molar-refractivity contribution in [3.05, 3.63) is 69.9 Å². The summed E-state index contributed by atoms with van der Waals surface area (Å²) < 4.78 is 10.5. The second-order valence-electron chi connectivity index (χ2n) is 6.34. The van der Waals surface area contributed by atoms with Gasteiger partial charge in [0.2, 0.25) is 5.91 Å². The third-order valence-corrected chi connectivity index (χ3v) is 5.85. The SMILES string of the molecule is COc1ccccc1NC(=O)Cc1nc(COC(=O)c2csc(-c3ncccn3)n2)cs1. The molecule has 1 N–H and O–H groups in total. The van der Waals surface area contributed by atoms with Crippen molar-refractivity contribution in [1.82, 2.24) is 19.9 Å². The molecular formula is C21H17N5O4S2. The van der Waals surface area contributed by atoms with Crippen LogP contribution in [-0.4, -0.2) is 38.9 Å². The molecule has 0 saturated carbocycles. The maximum absolute atomic E-state index is 12.3. The van der Waals surface area contributed by atoms with Crippen LogP contribution in [-0.2, 0) is 22.6 Å². The molecule has 0 fully saturated rings. The molecule has 0 spiro atoms. The smallest absolute Gasteiger partial charge is 0.358 e. The average molecular weight is 468 g/mol. The first kappa shape index (κ1) is 21.5. The maximum atomic E-state index is 12.3. The van der Waals surface area contributed by atoms with Gasteiger partial charge in [-0.3, -0.25) is 4.79 Å². The molecule has 1 amide bonds. The van der Waals surface area contributed by atoms with Crippen LogP contribution in [0, 0.1) is 0 Å². The van der Waals surface area contributed by atoms with E-state index in [0.29, 0.717) is 33.0 Å². The van der Waals surface area contributed by atoms with Crippen molar-refractivity contribution >= 4 is 40.2 Å². The van der Waals surface area contributed by atoms with Gasteiger partial charge in [-0.05, 0) is 18.2 Å². The van der Waals surface area contributed by atoms with Crippen LogP contribution in [0.2, 0.25) is 0 Å². The van der Waals surface area contributed by atoms with Gasteiger partial charge in [0.25, 0.3) is 0 Å². The van der Waals surface area contributed by atoms with E-state index in [1.54, 1.807) is 48.5 Å². The Balaban J connectivity index is 1.30. The second kappa shape index (κ2) is 10.1. The van der Waals surface area contributed by atoms with Crippen molar-refractivity contribution in [2.45, 2.75) is 13.0 Å². The van der Waals surface area contributed by atoms with Crippen LogP contribution in [0.4, 0.5) is 5.69 Å². The predicted octanol–water partition coefficient (Wildman–Crippen LogP) is 3.60. The molecule has 0 aliphatic heterocycles. The molecule has 162 valence electrons. The molecule has 4 aromatic rings. The predicted molar refractivity (Wildman–Crippen MR) is 120 cm³/mol. The van der Waals surface area contributed by atoms with E-state index in [4.69, 9.17) is 9.47 Å². The Kier molecular flexibility index (Phi) is 6.78. The minimum absolute atomic E-state index is 0.0157. The second-order valence-corrected chi connectivity index (χ2v) is 8.15. The highest BCUT2D eigenvalue weighted by Gasteiger charge is 2.16. The Morgan fingerprint density at radius 2 is 1.84 bits per heavy atom. The van der Waals surface area contributed by atoms with E-state index in [9.17, 15) is 9.59 Å². The molecule has 9 nitrogen and oxygen atoms in total. The zero-order chi connectivity index (χ0) is 22.3. The Labute approximate surface area is 191 Å². The van der Waals surface area contributed by atoms with E-state index >= 15 is 0 Å². The molecule has 0 aliphatic carbocycles. The molecule has 0 saturated heterocycles. The molecular weight excluding hydrogens is 450 g/mol. The number of hydrogen-bond donors (Lipinski definition) is 1. The number of carbonyl (C=O) groups is 2. The molecule has 0 bridgehead atoms. The van der Waals surface area contributed by atoms with Crippen molar-refractivity contribution < 1.29 is 19.1 Å². The summed E-state index contributed by atoms with van der Waals surface area (Å²) in [7, 11) is 1.54. The number of thiazole rings is 2. The van der Waals surface area contributed by atoms with Gasteiger partial charge in [-0.1, -0.05) is 12.1 Å². The third-order valence-electron chi connectivity index (χ3n) is 4.11. The van der Waals surface area contributed by atoms with Gasteiger partial charge >= 0.3 is 5.97 Å². The van der Waals surface area contributed by atoms with Crippen LogP contribution >= 0.6 is 22.7 Å². The summed E-state index contributed by atoms with van der Waals surface area (Å²) in [6.07, 6.45) is 3.32. The minimum atomic E-state index is -0.563.